The van der Waals surface area contributed by atoms with E-state index in [-0.39, 0.29) is 32.3 Å². The number of fused-ring (bicyclic) bond motifs is 1. The van der Waals surface area contributed by atoms with Crippen LogP contribution in [0, 0.1) is 17.9 Å². The summed E-state index contributed by atoms with van der Waals surface area (Å²) in [7, 11) is 0. The van der Waals surface area contributed by atoms with E-state index in [1.807, 2.05) is 6.07 Å². The van der Waals surface area contributed by atoms with E-state index in [1.165, 1.54) is 16.5 Å². The van der Waals surface area contributed by atoms with Crippen LogP contribution in [0.15, 0.2) is 48.5 Å². The van der Waals surface area contributed by atoms with Crippen LogP contribution in [0.1, 0.15) is 59.1 Å². The van der Waals surface area contributed by atoms with Gasteiger partial charge < -0.3 is 10.2 Å². The molecule has 0 aliphatic rings. The van der Waals surface area contributed by atoms with Crippen LogP contribution in [-0.2, 0) is 32.9 Å². The zero-order valence-electron chi connectivity index (χ0n) is 20.2. The molecule has 1 aromatic heterocycles. The van der Waals surface area contributed by atoms with Crippen LogP contribution in [-0.4, -0.2) is 27.4 Å². The summed E-state index contributed by atoms with van der Waals surface area (Å²) in [6, 6.07) is 20.8. The maximum absolute atomic E-state index is 8.56. The van der Waals surface area contributed by atoms with Gasteiger partial charge in [0.1, 0.15) is 0 Å². The first-order valence-corrected chi connectivity index (χ1v) is 11.4. The van der Waals surface area contributed by atoms with E-state index in [0.29, 0.717) is 18.3 Å². The Bertz CT molecular complexity index is 917. The summed E-state index contributed by atoms with van der Waals surface area (Å²) in [5, 5.41) is 18.3. The molecule has 2 aromatic carbocycles. The molecular weight excluding hydrogens is 575 g/mol. The molecule has 0 saturated heterocycles. The smallest absolute Gasteiger partial charge is 0.0595 e. The molecule has 4 heteroatoms. The van der Waals surface area contributed by atoms with Gasteiger partial charge in [0, 0.05) is 20.1 Å². The maximum Gasteiger partial charge on any atom is 0.0595 e. The Morgan fingerprint density at radius 1 is 0.812 bits per heavy atom. The van der Waals surface area contributed by atoms with Crippen LogP contribution in [0.25, 0.3) is 22.2 Å². The molecule has 2 atom stereocenters. The molecule has 3 aromatic rings. The third kappa shape index (κ3) is 9.92. The molecule has 0 aliphatic carbocycles. The third-order valence-corrected chi connectivity index (χ3v) is 4.81. The normalized spacial score (nSPS) is 12.8. The minimum atomic E-state index is -0.375. The largest absolute Gasteiger partial charge is 0.393 e. The zero-order chi connectivity index (χ0) is 23.0. The monoisotopic (exact) mass is 613 g/mol. The Morgan fingerprint density at radius 3 is 2.00 bits per heavy atom. The number of para-hydroxylation sites is 1. The average Bonchev–Trinajstić information content (AvgIpc) is 2.65. The molecule has 32 heavy (non-hydrogen) atoms. The number of hydrogen-bond acceptors (Lipinski definition) is 3. The predicted molar refractivity (Wildman–Crippen MR) is 131 cm³/mol. The van der Waals surface area contributed by atoms with E-state index in [9.17, 15) is 0 Å². The molecule has 0 saturated carbocycles. The summed E-state index contributed by atoms with van der Waals surface area (Å²) >= 11 is 0. The van der Waals surface area contributed by atoms with Gasteiger partial charge >= 0.3 is 0 Å². The Balaban J connectivity index is 0.000000558. The van der Waals surface area contributed by atoms with Crippen molar-refractivity contribution in [1.82, 2.24) is 4.98 Å². The van der Waals surface area contributed by atoms with Gasteiger partial charge in [-0.15, -0.1) is 34.9 Å². The molecule has 0 bridgehead atoms. The summed E-state index contributed by atoms with van der Waals surface area (Å²) in [6.07, 6.45) is 1.88. The van der Waals surface area contributed by atoms with Gasteiger partial charge in [-0.3, -0.25) is 4.98 Å². The number of benzene rings is 2. The minimum absolute atomic E-state index is 0. The number of rotatable bonds is 7. The van der Waals surface area contributed by atoms with Crippen molar-refractivity contribution in [2.45, 2.75) is 73.0 Å². The predicted octanol–water partition coefficient (Wildman–Crippen LogP) is 6.23. The molecule has 177 valence electrons. The number of nitrogens with zero attached hydrogens (tertiary/aromatic N) is 1. The van der Waals surface area contributed by atoms with Crippen LogP contribution < -0.4 is 0 Å². The van der Waals surface area contributed by atoms with E-state index in [4.69, 9.17) is 15.2 Å². The quantitative estimate of drug-likeness (QED) is 0.311. The second kappa shape index (κ2) is 13.9. The molecule has 3 rings (SSSR count). The Morgan fingerprint density at radius 2 is 1.44 bits per heavy atom. The Hall–Kier alpha value is -1.58. The summed E-state index contributed by atoms with van der Waals surface area (Å²) in [4.78, 5) is 4.85. The van der Waals surface area contributed by atoms with E-state index in [2.05, 4.69) is 76.2 Å². The van der Waals surface area contributed by atoms with Crippen molar-refractivity contribution in [1.29, 1.82) is 0 Å². The summed E-state index contributed by atoms with van der Waals surface area (Å²) < 4.78 is 0. The maximum atomic E-state index is 8.56. The van der Waals surface area contributed by atoms with Crippen molar-refractivity contribution in [2.24, 2.45) is 11.8 Å². The van der Waals surface area contributed by atoms with Gasteiger partial charge in [-0.1, -0.05) is 58.0 Å². The first kappa shape index (κ1) is 28.5. The third-order valence-electron chi connectivity index (χ3n) is 4.81. The Labute approximate surface area is 207 Å². The molecule has 2 N–H and O–H groups in total. The second-order valence-electron chi connectivity index (χ2n) is 9.45. The summed E-state index contributed by atoms with van der Waals surface area (Å²) in [5.41, 5.74) is 5.87. The van der Waals surface area contributed by atoms with Gasteiger partial charge in [-0.2, -0.15) is 0 Å². The molecule has 0 fully saturated rings. The fourth-order valence-corrected chi connectivity index (χ4v) is 3.68. The van der Waals surface area contributed by atoms with Crippen LogP contribution in [0.2, 0.25) is 0 Å². The summed E-state index contributed by atoms with van der Waals surface area (Å²) in [5.74, 6) is 1.28. The van der Waals surface area contributed by atoms with Gasteiger partial charge in [0.25, 0.3) is 0 Å². The first-order chi connectivity index (χ1) is 14.6. The topological polar surface area (TPSA) is 53.4 Å². The van der Waals surface area contributed by atoms with E-state index >= 15 is 0 Å². The fourth-order valence-electron chi connectivity index (χ4n) is 3.68. The van der Waals surface area contributed by atoms with Gasteiger partial charge in [0.05, 0.1) is 17.7 Å². The number of aliphatic hydroxyl groups is 2. The zero-order valence-corrected chi connectivity index (χ0v) is 22.6. The second-order valence-corrected chi connectivity index (χ2v) is 9.45. The first-order valence-electron chi connectivity index (χ1n) is 11.4. The molecule has 2 unspecified atom stereocenters. The van der Waals surface area contributed by atoms with Gasteiger partial charge in [0.15, 0.2) is 0 Å². The SMILES string of the molecule is CC(C)Cc1[c-]c(-c2ccc3ccccc3n2)cc(CC(C)C)c1.CC(O)CC(C)O.[Ir]. The van der Waals surface area contributed by atoms with Crippen molar-refractivity contribution >= 4 is 10.9 Å². The number of pyridine rings is 1. The van der Waals surface area contributed by atoms with Gasteiger partial charge in [0.2, 0.25) is 0 Å². The van der Waals surface area contributed by atoms with E-state index in [0.717, 1.165) is 29.6 Å². The fraction of sp³-hybridized carbons (Fsp3) is 0.464. The van der Waals surface area contributed by atoms with Crippen molar-refractivity contribution in [3.8, 4) is 11.3 Å². The molecule has 3 nitrogen and oxygen atoms in total. The Kier molecular flexibility index (Phi) is 12.3. The molecule has 1 heterocycles. The van der Waals surface area contributed by atoms with Crippen molar-refractivity contribution in [3.05, 3.63) is 65.7 Å². The van der Waals surface area contributed by atoms with Crippen LogP contribution in [0.5, 0.6) is 0 Å². The minimum Gasteiger partial charge on any atom is -0.393 e. The molecule has 0 spiro atoms. The molecule has 0 aliphatic heterocycles. The van der Waals surface area contributed by atoms with Crippen LogP contribution >= 0.6 is 0 Å². The average molecular weight is 613 g/mol. The number of aliphatic hydroxyl groups excluding tert-OH is 2. The molecular formula is C28H38IrNO2-. The standard InChI is InChI=1S/C23H26N.C5H12O2.Ir/c1-16(2)11-18-13-19(12-17(3)4)15-21(14-18)23-10-9-20-7-5-6-8-22(20)24-23;1-4(6)3-5(2)7;/h5-10,13-14,16-17H,11-12H2,1-4H3;4-7H,3H2,1-2H3;/q-1;;. The molecule has 0 amide bonds. The van der Waals surface area contributed by atoms with Gasteiger partial charge in [-0.25, -0.2) is 0 Å². The van der Waals surface area contributed by atoms with Crippen molar-refractivity contribution in [3.63, 3.8) is 0 Å². The number of hydrogen-bond donors (Lipinski definition) is 2. The van der Waals surface area contributed by atoms with E-state index in [1.54, 1.807) is 13.8 Å². The van der Waals surface area contributed by atoms with Crippen LogP contribution in [0.3, 0.4) is 0 Å². The van der Waals surface area contributed by atoms with E-state index < -0.39 is 0 Å². The van der Waals surface area contributed by atoms with Crippen molar-refractivity contribution < 1.29 is 30.3 Å². The molecule has 1 radical (unpaired) electrons. The van der Waals surface area contributed by atoms with Crippen molar-refractivity contribution in [2.75, 3.05) is 0 Å². The van der Waals surface area contributed by atoms with Gasteiger partial charge in [-0.05, 0) is 62.1 Å². The number of aromatic nitrogens is 1. The summed E-state index contributed by atoms with van der Waals surface area (Å²) in [6.45, 7) is 12.4. The van der Waals surface area contributed by atoms with Crippen LogP contribution in [0.4, 0.5) is 0 Å².